The Morgan fingerprint density at radius 2 is 0.565 bits per heavy atom. The maximum absolute atomic E-state index is 14.2. The van der Waals surface area contributed by atoms with Gasteiger partial charge < -0.3 is 0 Å². The molecule has 6 aromatic rings. The number of hydrogen-bond acceptors (Lipinski definition) is 2. The number of halogens is 24. The number of thiazole rings is 1. The van der Waals surface area contributed by atoms with Crippen LogP contribution in [0.4, 0.5) is 105 Å². The van der Waals surface area contributed by atoms with E-state index in [9.17, 15) is 105 Å². The van der Waals surface area contributed by atoms with Gasteiger partial charge in [-0.25, -0.2) is 4.84 Å². The van der Waals surface area contributed by atoms with E-state index in [2.05, 4.69) is 0 Å². The molecule has 0 aliphatic heterocycles. The molecule has 6 rings (SSSR count). The van der Waals surface area contributed by atoms with E-state index < -0.39 is 195 Å². The van der Waals surface area contributed by atoms with Crippen LogP contribution >= 0.6 is 11.3 Å². The predicted molar refractivity (Wildman–Crippen MR) is 197 cm³/mol. The van der Waals surface area contributed by atoms with Crippen LogP contribution in [0, 0.1) is 0 Å². The van der Waals surface area contributed by atoms with Gasteiger partial charge in [0.2, 0.25) is 11.9 Å². The van der Waals surface area contributed by atoms with Gasteiger partial charge in [0.15, 0.2) is 0 Å². The summed E-state index contributed by atoms with van der Waals surface area (Å²) in [6.45, 7) is 0. The molecule has 0 atom stereocenters. The second-order valence-corrected chi connectivity index (χ2v) is 15.3. The van der Waals surface area contributed by atoms with E-state index in [4.69, 9.17) is 4.84 Å². The summed E-state index contributed by atoms with van der Waals surface area (Å²) in [5.74, 6) is 0.848. The second kappa shape index (κ2) is 18.3. The number of rotatable bonds is 6. The fraction of sp³-hybridized carbons (Fsp3) is 0.195. The second-order valence-electron chi connectivity index (χ2n) is 14.5. The Hall–Kier alpha value is -6.09. The third-order valence-corrected chi connectivity index (χ3v) is 10.5. The zero-order chi connectivity index (χ0) is 52.1. The largest absolute Gasteiger partial charge is 0.416 e. The van der Waals surface area contributed by atoms with Crippen molar-refractivity contribution in [3.63, 3.8) is 0 Å². The molecule has 0 spiro atoms. The van der Waals surface area contributed by atoms with Crippen LogP contribution in [0.25, 0.3) is 0 Å². The summed E-state index contributed by atoms with van der Waals surface area (Å²) < 4.78 is 343. The number of aromatic nitrogens is 1. The Bertz CT molecular complexity index is 2310. The van der Waals surface area contributed by atoms with Crippen LogP contribution in [-0.2, 0) is 49.4 Å². The molecular formula is C41H20BF24NOS. The zero-order valence-corrected chi connectivity index (χ0v) is 33.8. The lowest BCUT2D eigenvalue weighted by atomic mass is 9.12. The number of hydrogen-bond donors (Lipinski definition) is 0. The molecule has 0 amide bonds. The standard InChI is InChI=1S/C32H12BF24.C9H8NOS/c34-25(35,36)13-1-14(26(37,38)39)6-21(5-13)33(22-7-15(27(40,41)42)2-16(8-22)28(43,44)45,23-9-17(29(46,47)48)3-18(10-23)30(49,50)51)24-11-19(31(52,53)54)4-20(12-24)32(55,56)57;1-2-4-9(5-3-1)11-10-6-7-12-8-10/h1-12H;1-8H/q-1;+1. The van der Waals surface area contributed by atoms with E-state index >= 15 is 0 Å². The van der Waals surface area contributed by atoms with Crippen molar-refractivity contribution in [1.82, 2.24) is 0 Å². The monoisotopic (exact) mass is 1040 g/mol. The van der Waals surface area contributed by atoms with Gasteiger partial charge in [-0.1, -0.05) is 78.1 Å². The molecule has 0 aliphatic rings. The smallest absolute Gasteiger partial charge is 0.231 e. The Balaban J connectivity index is 0.000000636. The Morgan fingerprint density at radius 1 is 0.333 bits per heavy atom. The third-order valence-electron chi connectivity index (χ3n) is 9.85. The maximum Gasteiger partial charge on any atom is 0.416 e. The van der Waals surface area contributed by atoms with E-state index in [1.807, 2.05) is 47.4 Å². The highest BCUT2D eigenvalue weighted by Gasteiger charge is 2.47. The van der Waals surface area contributed by atoms with Gasteiger partial charge in [0, 0.05) is 4.73 Å². The Kier molecular flexibility index (Phi) is 14.3. The first-order chi connectivity index (χ1) is 31.2. The quantitative estimate of drug-likeness (QED) is 0.0920. The van der Waals surface area contributed by atoms with Crippen molar-refractivity contribution < 1.29 is 115 Å². The lowest BCUT2D eigenvalue weighted by Gasteiger charge is -2.46. The number of nitrogens with zero attached hydrogens (tertiary/aromatic N) is 1. The third kappa shape index (κ3) is 12.6. The molecule has 0 fully saturated rings. The minimum Gasteiger partial charge on any atom is -0.231 e. The van der Waals surface area contributed by atoms with Crippen molar-refractivity contribution in [1.29, 1.82) is 0 Å². The maximum atomic E-state index is 14.2. The molecular weight excluding hydrogens is 1020 g/mol. The molecule has 0 N–H and O–H groups in total. The van der Waals surface area contributed by atoms with E-state index in [1.54, 1.807) is 16.1 Å². The predicted octanol–water partition coefficient (Wildman–Crippen LogP) is 13.1. The molecule has 0 saturated carbocycles. The van der Waals surface area contributed by atoms with E-state index in [1.165, 1.54) is 0 Å². The van der Waals surface area contributed by atoms with Gasteiger partial charge >= 0.3 is 49.4 Å². The summed E-state index contributed by atoms with van der Waals surface area (Å²) in [5.41, 5.74) is -28.3. The topological polar surface area (TPSA) is 13.1 Å². The molecule has 0 saturated heterocycles. The van der Waals surface area contributed by atoms with Crippen molar-refractivity contribution in [3.05, 3.63) is 165 Å². The summed E-state index contributed by atoms with van der Waals surface area (Å²) in [6, 6.07) is 0.889. The van der Waals surface area contributed by atoms with Crippen LogP contribution in [0.15, 0.2) is 120 Å². The fourth-order valence-electron chi connectivity index (χ4n) is 6.95. The van der Waals surface area contributed by atoms with Crippen molar-refractivity contribution in [3.8, 4) is 5.75 Å². The molecule has 372 valence electrons. The molecule has 0 bridgehead atoms. The number of alkyl halides is 24. The molecule has 0 aliphatic carbocycles. The van der Waals surface area contributed by atoms with Gasteiger partial charge in [-0.3, -0.25) is 0 Å². The first kappa shape index (κ1) is 53.9. The van der Waals surface area contributed by atoms with Gasteiger partial charge in [-0.05, 0) is 36.4 Å². The van der Waals surface area contributed by atoms with Crippen molar-refractivity contribution >= 4 is 39.3 Å². The average molecular weight is 1040 g/mol. The highest BCUT2D eigenvalue weighted by molar-refractivity contribution is 7.20. The Morgan fingerprint density at radius 3 is 0.754 bits per heavy atom. The fourth-order valence-corrected chi connectivity index (χ4v) is 7.44. The first-order valence-electron chi connectivity index (χ1n) is 18.2. The molecule has 1 aromatic heterocycles. The zero-order valence-electron chi connectivity index (χ0n) is 33.0. The van der Waals surface area contributed by atoms with E-state index in [0.29, 0.717) is 0 Å². The minimum absolute atomic E-state index is 0.691. The number of para-hydroxylation sites is 1. The van der Waals surface area contributed by atoms with Crippen LogP contribution in [-0.4, -0.2) is 6.15 Å². The Labute approximate surface area is 373 Å². The average Bonchev–Trinajstić information content (AvgIpc) is 3.72. The number of benzene rings is 5. The molecule has 69 heavy (non-hydrogen) atoms. The summed E-state index contributed by atoms with van der Waals surface area (Å²) in [5, 5.41) is 1.96. The summed E-state index contributed by atoms with van der Waals surface area (Å²) in [4.78, 5) is 5.45. The van der Waals surface area contributed by atoms with Gasteiger partial charge in [0.25, 0.3) is 5.51 Å². The van der Waals surface area contributed by atoms with Crippen LogP contribution in [0.5, 0.6) is 5.75 Å². The molecule has 0 radical (unpaired) electrons. The highest BCUT2D eigenvalue weighted by Crippen LogP contribution is 2.41. The lowest BCUT2D eigenvalue weighted by Crippen LogP contribution is -2.75. The van der Waals surface area contributed by atoms with Gasteiger partial charge in [-0.15, -0.1) is 0 Å². The van der Waals surface area contributed by atoms with E-state index in [0.717, 1.165) is 5.75 Å². The minimum atomic E-state index is -6.13. The van der Waals surface area contributed by atoms with Gasteiger partial charge in [-0.2, -0.15) is 127 Å². The summed E-state index contributed by atoms with van der Waals surface area (Å²) >= 11 is 1.60. The summed E-state index contributed by atoms with van der Waals surface area (Å²) in [6.07, 6.45) is -52.9. The van der Waals surface area contributed by atoms with Crippen LogP contribution < -0.4 is 31.4 Å². The van der Waals surface area contributed by atoms with Crippen molar-refractivity contribution in [2.45, 2.75) is 49.4 Å². The highest BCUT2D eigenvalue weighted by atomic mass is 32.1. The molecule has 0 unspecified atom stereocenters. The molecule has 1 heterocycles. The van der Waals surface area contributed by atoms with Crippen LogP contribution in [0.3, 0.4) is 0 Å². The lowest BCUT2D eigenvalue weighted by molar-refractivity contribution is -0.871. The SMILES string of the molecule is FC(F)(F)c1cc([B-](c2cc(C(F)(F)F)cc(C(F)(F)F)c2)(c2cc(C(F)(F)F)cc(C(F)(F)F)c2)c2cc(C(F)(F)F)cc(C(F)(F)F)c2)cc(C(F)(F)F)c1.c1ccc(O[n+]2ccsc2)cc1. The van der Waals surface area contributed by atoms with Crippen molar-refractivity contribution in [2.24, 2.45) is 0 Å². The van der Waals surface area contributed by atoms with Gasteiger partial charge in [0.05, 0.1) is 49.9 Å². The summed E-state index contributed by atoms with van der Waals surface area (Å²) in [7, 11) is 0. The van der Waals surface area contributed by atoms with Crippen LogP contribution in [0.2, 0.25) is 0 Å². The molecule has 2 nitrogen and oxygen atoms in total. The first-order valence-corrected chi connectivity index (χ1v) is 19.2. The van der Waals surface area contributed by atoms with Crippen molar-refractivity contribution in [2.75, 3.05) is 0 Å². The normalized spacial score (nSPS) is 13.5. The molecule has 28 heteroatoms. The van der Waals surface area contributed by atoms with Crippen LogP contribution in [0.1, 0.15) is 44.5 Å². The van der Waals surface area contributed by atoms with E-state index in [-0.39, 0.29) is 0 Å². The van der Waals surface area contributed by atoms with Gasteiger partial charge in [0.1, 0.15) is 6.15 Å². The molecule has 5 aromatic carbocycles.